The van der Waals surface area contributed by atoms with Gasteiger partial charge in [0.25, 0.3) is 0 Å². The van der Waals surface area contributed by atoms with Gasteiger partial charge in [-0.15, -0.1) is 0 Å². The van der Waals surface area contributed by atoms with E-state index in [2.05, 4.69) is 6.92 Å². The summed E-state index contributed by atoms with van der Waals surface area (Å²) in [6.45, 7) is 12.5. The lowest BCUT2D eigenvalue weighted by Crippen LogP contribution is -2.38. The first-order valence-electron chi connectivity index (χ1n) is 12.9. The number of hydrogen-bond acceptors (Lipinski definition) is 6. The highest BCUT2D eigenvalue weighted by atomic mass is 16.5. The van der Waals surface area contributed by atoms with Crippen LogP contribution in [0, 0.1) is 11.8 Å². The quantitative estimate of drug-likeness (QED) is 0.253. The van der Waals surface area contributed by atoms with Gasteiger partial charge in [0.2, 0.25) is 0 Å². The molecule has 0 heterocycles. The number of carbonyl (C=O) groups is 1. The van der Waals surface area contributed by atoms with E-state index >= 15 is 0 Å². The maximum Gasteiger partial charge on any atom is 0.167 e. The Bertz CT molecular complexity index is 911. The summed E-state index contributed by atoms with van der Waals surface area (Å²) >= 11 is 0. The van der Waals surface area contributed by atoms with E-state index in [-0.39, 0.29) is 36.3 Å². The number of methoxy groups -OCH3 is 2. The molecular weight excluding hydrogens is 456 g/mol. The van der Waals surface area contributed by atoms with Crippen LogP contribution < -0.4 is 14.2 Å². The molecule has 2 aromatic rings. The van der Waals surface area contributed by atoms with E-state index in [0.29, 0.717) is 30.9 Å². The zero-order valence-electron chi connectivity index (χ0n) is 23.2. The average molecular weight is 501 g/mol. The highest BCUT2D eigenvalue weighted by molar-refractivity contribution is 5.55. The van der Waals surface area contributed by atoms with Crippen LogP contribution in [0.5, 0.6) is 17.2 Å². The molecule has 6 heteroatoms. The number of benzene rings is 2. The molecule has 0 saturated carbocycles. The van der Waals surface area contributed by atoms with Gasteiger partial charge >= 0.3 is 0 Å². The first-order valence-corrected chi connectivity index (χ1v) is 12.9. The molecule has 0 radical (unpaired) electrons. The van der Waals surface area contributed by atoms with Gasteiger partial charge in [-0.2, -0.15) is 0 Å². The summed E-state index contributed by atoms with van der Waals surface area (Å²) in [6.07, 6.45) is 1.77. The molecule has 0 N–H and O–H groups in total. The lowest BCUT2D eigenvalue weighted by molar-refractivity contribution is -0.126. The van der Waals surface area contributed by atoms with Gasteiger partial charge in [0.05, 0.1) is 38.1 Å². The number of hydrogen-bond donors (Lipinski definition) is 0. The zero-order chi connectivity index (χ0) is 26.7. The van der Waals surface area contributed by atoms with E-state index < -0.39 is 0 Å². The van der Waals surface area contributed by atoms with E-state index in [1.807, 2.05) is 77.1 Å². The minimum absolute atomic E-state index is 0.0197. The topological polar surface area (TPSA) is 63.2 Å². The summed E-state index contributed by atoms with van der Waals surface area (Å²) < 4.78 is 30.1. The van der Waals surface area contributed by atoms with Gasteiger partial charge in [-0.25, -0.2) is 0 Å². The summed E-state index contributed by atoms with van der Waals surface area (Å²) in [5.41, 5.74) is 2.03. The Morgan fingerprint density at radius 2 is 1.44 bits per heavy atom. The normalized spacial score (nSPS) is 14.8. The highest BCUT2D eigenvalue weighted by Gasteiger charge is 2.30. The first kappa shape index (κ1) is 29.7. The number of ether oxygens (including phenoxy) is 5. The monoisotopic (exact) mass is 500 g/mol. The molecule has 0 saturated heterocycles. The predicted molar refractivity (Wildman–Crippen MR) is 143 cm³/mol. The van der Waals surface area contributed by atoms with Crippen LogP contribution in [0.25, 0.3) is 0 Å². The highest BCUT2D eigenvalue weighted by Crippen LogP contribution is 2.40. The fourth-order valence-corrected chi connectivity index (χ4v) is 4.35. The summed E-state index contributed by atoms with van der Waals surface area (Å²) in [4.78, 5) is 11.7. The van der Waals surface area contributed by atoms with Crippen LogP contribution in [-0.2, 0) is 27.3 Å². The molecule has 0 aromatic heterocycles. The Morgan fingerprint density at radius 1 is 0.833 bits per heavy atom. The SMILES string of the molecule is COc1c(OC(C)C)ccc(OC(C)C)c1C[C@@H](C)C[C@H](OC)[C@H](OCc1ccccc1)[C@@H](C)C=O. The molecule has 0 aliphatic carbocycles. The van der Waals surface area contributed by atoms with Gasteiger partial charge in [-0.05, 0) is 64.2 Å². The second-order valence-corrected chi connectivity index (χ2v) is 9.98. The second kappa shape index (κ2) is 14.9. The second-order valence-electron chi connectivity index (χ2n) is 9.98. The Morgan fingerprint density at radius 3 is 2.00 bits per heavy atom. The van der Waals surface area contributed by atoms with E-state index in [0.717, 1.165) is 23.2 Å². The van der Waals surface area contributed by atoms with Gasteiger partial charge in [0.15, 0.2) is 11.5 Å². The predicted octanol–water partition coefficient (Wildman–Crippen LogP) is 6.27. The van der Waals surface area contributed by atoms with Crippen molar-refractivity contribution in [1.82, 2.24) is 0 Å². The van der Waals surface area contributed by atoms with Crippen molar-refractivity contribution in [3.63, 3.8) is 0 Å². The lowest BCUT2D eigenvalue weighted by atomic mass is 9.89. The largest absolute Gasteiger partial charge is 0.492 e. The molecule has 0 amide bonds. The van der Waals surface area contributed by atoms with Crippen molar-refractivity contribution in [3.8, 4) is 17.2 Å². The van der Waals surface area contributed by atoms with Crippen molar-refractivity contribution in [2.75, 3.05) is 14.2 Å². The lowest BCUT2D eigenvalue weighted by Gasteiger charge is -2.31. The van der Waals surface area contributed by atoms with Crippen LogP contribution in [0.1, 0.15) is 59.1 Å². The minimum atomic E-state index is -0.362. The molecule has 0 aliphatic rings. The molecule has 6 nitrogen and oxygen atoms in total. The Kier molecular flexibility index (Phi) is 12.2. The van der Waals surface area contributed by atoms with Crippen LogP contribution in [-0.4, -0.2) is 44.9 Å². The van der Waals surface area contributed by atoms with Crippen molar-refractivity contribution in [3.05, 3.63) is 53.6 Å². The van der Waals surface area contributed by atoms with Gasteiger partial charge in [0.1, 0.15) is 12.0 Å². The van der Waals surface area contributed by atoms with Gasteiger partial charge in [-0.3, -0.25) is 0 Å². The third-order valence-electron chi connectivity index (χ3n) is 5.99. The number of carbonyl (C=O) groups excluding carboxylic acids is 1. The maximum absolute atomic E-state index is 11.7. The third-order valence-corrected chi connectivity index (χ3v) is 5.99. The Labute approximate surface area is 217 Å². The van der Waals surface area contributed by atoms with E-state index in [1.165, 1.54) is 0 Å². The molecular formula is C30H44O6. The van der Waals surface area contributed by atoms with Crippen LogP contribution in [0.2, 0.25) is 0 Å². The molecule has 2 rings (SSSR count). The average Bonchev–Trinajstić information content (AvgIpc) is 2.84. The Balaban J connectivity index is 2.26. The third kappa shape index (κ3) is 8.82. The van der Waals surface area contributed by atoms with Crippen LogP contribution in [0.4, 0.5) is 0 Å². The van der Waals surface area contributed by atoms with Gasteiger partial charge in [0, 0.05) is 18.6 Å². The van der Waals surface area contributed by atoms with Crippen molar-refractivity contribution in [2.45, 2.75) is 85.4 Å². The summed E-state index contributed by atoms with van der Waals surface area (Å²) in [6, 6.07) is 13.8. The molecule has 4 atom stereocenters. The van der Waals surface area contributed by atoms with E-state index in [9.17, 15) is 4.79 Å². The standard InChI is InChI=1S/C30H44O6/c1-20(2)35-26-14-15-27(36-21(3)4)30(33-8)25(26)16-22(5)17-28(32-7)29(23(6)18-31)34-19-24-12-10-9-11-13-24/h9-15,18,20-23,28-29H,16-17,19H2,1-8H3/t22-,23+,28+,29-/m1/s1. The van der Waals surface area contributed by atoms with Gasteiger partial charge in [-0.1, -0.05) is 44.2 Å². The summed E-state index contributed by atoms with van der Waals surface area (Å²) in [5.74, 6) is 2.07. The Hall–Kier alpha value is -2.57. The van der Waals surface area contributed by atoms with Crippen LogP contribution >= 0.6 is 0 Å². The van der Waals surface area contributed by atoms with E-state index in [4.69, 9.17) is 23.7 Å². The molecule has 0 bridgehead atoms. The fourth-order valence-electron chi connectivity index (χ4n) is 4.35. The van der Waals surface area contributed by atoms with Crippen LogP contribution in [0.3, 0.4) is 0 Å². The minimum Gasteiger partial charge on any atom is -0.492 e. The molecule has 2 aromatic carbocycles. The van der Waals surface area contributed by atoms with E-state index in [1.54, 1.807) is 14.2 Å². The molecule has 0 unspecified atom stereocenters. The molecule has 0 fully saturated rings. The summed E-state index contributed by atoms with van der Waals surface area (Å²) in [5, 5.41) is 0. The van der Waals surface area contributed by atoms with Crippen molar-refractivity contribution >= 4 is 6.29 Å². The van der Waals surface area contributed by atoms with Crippen molar-refractivity contribution in [1.29, 1.82) is 0 Å². The number of rotatable bonds is 16. The van der Waals surface area contributed by atoms with Crippen LogP contribution in [0.15, 0.2) is 42.5 Å². The molecule has 200 valence electrons. The van der Waals surface area contributed by atoms with Crippen molar-refractivity contribution in [2.24, 2.45) is 11.8 Å². The van der Waals surface area contributed by atoms with Crippen molar-refractivity contribution < 1.29 is 28.5 Å². The fraction of sp³-hybridized carbons (Fsp3) is 0.567. The number of aldehydes is 1. The van der Waals surface area contributed by atoms with Gasteiger partial charge < -0.3 is 28.5 Å². The molecule has 36 heavy (non-hydrogen) atoms. The summed E-state index contributed by atoms with van der Waals surface area (Å²) in [7, 11) is 3.34. The zero-order valence-corrected chi connectivity index (χ0v) is 23.2. The first-order chi connectivity index (χ1) is 17.2. The smallest absolute Gasteiger partial charge is 0.167 e. The molecule has 0 aliphatic heterocycles. The molecule has 0 spiro atoms. The maximum atomic E-state index is 11.7.